The maximum Gasteiger partial charge on any atom is 0.321 e. The Kier molecular flexibility index (Phi) is 6.30. The molecule has 0 atom stereocenters. The number of urea groups is 1. The lowest BCUT2D eigenvalue weighted by molar-refractivity contribution is 0.185. The van der Waals surface area contributed by atoms with Crippen LogP contribution in [0, 0.1) is 5.41 Å². The number of nitrogen functional groups attached to an aromatic ring is 1. The highest BCUT2D eigenvalue weighted by molar-refractivity contribution is 7.92. The number of amidine groups is 1. The number of amides is 2. The zero-order chi connectivity index (χ0) is 20.9. The van der Waals surface area contributed by atoms with Gasteiger partial charge in [0.1, 0.15) is 5.84 Å². The van der Waals surface area contributed by atoms with Gasteiger partial charge in [-0.1, -0.05) is 30.3 Å². The van der Waals surface area contributed by atoms with Crippen LogP contribution in [0.1, 0.15) is 11.1 Å². The van der Waals surface area contributed by atoms with Crippen molar-refractivity contribution in [1.82, 2.24) is 9.21 Å². The van der Waals surface area contributed by atoms with E-state index < -0.39 is 10.0 Å². The zero-order valence-corrected chi connectivity index (χ0v) is 16.6. The smallest absolute Gasteiger partial charge is 0.321 e. The van der Waals surface area contributed by atoms with Crippen LogP contribution in [-0.4, -0.2) is 55.7 Å². The fourth-order valence-electron chi connectivity index (χ4n) is 2.90. The number of carbonyl (C=O) groups excluding carboxylic acids is 1. The Balaban J connectivity index is 1.54. The fourth-order valence-corrected chi connectivity index (χ4v) is 4.07. The SMILES string of the molecule is N=C(N)c1ccc(NC(=O)N2CCN(S(=O)(=O)C=Cc3ccccc3)CC2)cc1. The molecule has 2 amide bonds. The minimum absolute atomic E-state index is 0.0403. The molecule has 152 valence electrons. The Morgan fingerprint density at radius 1 is 1.00 bits per heavy atom. The molecule has 0 aromatic heterocycles. The van der Waals surface area contributed by atoms with Crippen LogP contribution in [0.5, 0.6) is 0 Å². The van der Waals surface area contributed by atoms with Gasteiger partial charge in [0, 0.05) is 42.8 Å². The highest BCUT2D eigenvalue weighted by atomic mass is 32.2. The molecule has 0 radical (unpaired) electrons. The van der Waals surface area contributed by atoms with Gasteiger partial charge in [-0.3, -0.25) is 5.41 Å². The van der Waals surface area contributed by atoms with Crippen molar-refractivity contribution in [2.45, 2.75) is 0 Å². The number of benzene rings is 2. The number of nitrogens with two attached hydrogens (primary N) is 1. The molecule has 29 heavy (non-hydrogen) atoms. The zero-order valence-electron chi connectivity index (χ0n) is 15.8. The molecular weight excluding hydrogens is 390 g/mol. The summed E-state index contributed by atoms with van der Waals surface area (Å²) in [4.78, 5) is 14.0. The molecule has 1 aliphatic rings. The number of nitrogens with one attached hydrogen (secondary N) is 2. The molecule has 0 unspecified atom stereocenters. The summed E-state index contributed by atoms with van der Waals surface area (Å²) in [5, 5.41) is 11.4. The number of hydrogen-bond donors (Lipinski definition) is 3. The second kappa shape index (κ2) is 8.89. The molecule has 1 aliphatic heterocycles. The summed E-state index contributed by atoms with van der Waals surface area (Å²) in [7, 11) is -3.54. The molecule has 1 heterocycles. The van der Waals surface area contributed by atoms with Gasteiger partial charge in [0.2, 0.25) is 10.0 Å². The summed E-state index contributed by atoms with van der Waals surface area (Å²) in [6.45, 7) is 1.07. The predicted molar refractivity (Wildman–Crippen MR) is 114 cm³/mol. The number of rotatable bonds is 5. The van der Waals surface area contributed by atoms with Crippen molar-refractivity contribution in [2.24, 2.45) is 5.73 Å². The maximum absolute atomic E-state index is 12.5. The molecule has 8 nitrogen and oxygen atoms in total. The second-order valence-electron chi connectivity index (χ2n) is 6.57. The average Bonchev–Trinajstić information content (AvgIpc) is 2.73. The summed E-state index contributed by atoms with van der Waals surface area (Å²) < 4.78 is 26.4. The van der Waals surface area contributed by atoms with Crippen LogP contribution in [0.15, 0.2) is 60.0 Å². The van der Waals surface area contributed by atoms with Crippen LogP contribution in [0.25, 0.3) is 6.08 Å². The summed E-state index contributed by atoms with van der Waals surface area (Å²) in [5.41, 5.74) is 7.38. The van der Waals surface area contributed by atoms with E-state index in [1.54, 1.807) is 35.2 Å². The van der Waals surface area contributed by atoms with E-state index in [1.165, 1.54) is 9.71 Å². The van der Waals surface area contributed by atoms with E-state index >= 15 is 0 Å². The Morgan fingerprint density at radius 3 is 2.21 bits per heavy atom. The van der Waals surface area contributed by atoms with E-state index in [0.717, 1.165) is 5.56 Å². The fraction of sp³-hybridized carbons (Fsp3) is 0.200. The normalized spacial score (nSPS) is 15.4. The summed E-state index contributed by atoms with van der Waals surface area (Å²) in [6.07, 6.45) is 1.57. The first kappa shape index (κ1) is 20.6. The molecular formula is C20H23N5O3S. The van der Waals surface area contributed by atoms with Gasteiger partial charge in [0.05, 0.1) is 0 Å². The van der Waals surface area contributed by atoms with Crippen molar-refractivity contribution >= 4 is 33.7 Å². The highest BCUT2D eigenvalue weighted by Gasteiger charge is 2.27. The van der Waals surface area contributed by atoms with Gasteiger partial charge in [-0.15, -0.1) is 0 Å². The molecule has 9 heteroatoms. The number of hydrogen-bond acceptors (Lipinski definition) is 4. The third-order valence-corrected chi connectivity index (χ3v) is 6.13. The minimum Gasteiger partial charge on any atom is -0.384 e. The lowest BCUT2D eigenvalue weighted by Gasteiger charge is -2.33. The van der Waals surface area contributed by atoms with E-state index in [9.17, 15) is 13.2 Å². The molecule has 2 aromatic rings. The summed E-state index contributed by atoms with van der Waals surface area (Å²) in [6, 6.07) is 15.6. The Hall–Kier alpha value is -3.17. The van der Waals surface area contributed by atoms with Crippen molar-refractivity contribution in [1.29, 1.82) is 5.41 Å². The molecule has 4 N–H and O–H groups in total. The van der Waals surface area contributed by atoms with Crippen LogP contribution < -0.4 is 11.1 Å². The van der Waals surface area contributed by atoms with Gasteiger partial charge >= 0.3 is 6.03 Å². The van der Waals surface area contributed by atoms with Crippen LogP contribution in [0.2, 0.25) is 0 Å². The first-order valence-corrected chi connectivity index (χ1v) is 10.6. The number of sulfonamides is 1. The Morgan fingerprint density at radius 2 is 1.62 bits per heavy atom. The van der Waals surface area contributed by atoms with Crippen molar-refractivity contribution in [3.8, 4) is 0 Å². The maximum atomic E-state index is 12.5. The second-order valence-corrected chi connectivity index (χ2v) is 8.38. The lowest BCUT2D eigenvalue weighted by Crippen LogP contribution is -2.51. The molecule has 0 spiro atoms. The molecule has 0 aliphatic carbocycles. The van der Waals surface area contributed by atoms with Gasteiger partial charge in [-0.25, -0.2) is 13.2 Å². The predicted octanol–water partition coefficient (Wildman–Crippen LogP) is 2.12. The van der Waals surface area contributed by atoms with E-state index in [1.807, 2.05) is 30.3 Å². The van der Waals surface area contributed by atoms with Crippen LogP contribution in [-0.2, 0) is 10.0 Å². The van der Waals surface area contributed by atoms with E-state index in [0.29, 0.717) is 24.3 Å². The van der Waals surface area contributed by atoms with Crippen molar-refractivity contribution < 1.29 is 13.2 Å². The first-order chi connectivity index (χ1) is 13.8. The third kappa shape index (κ3) is 5.43. The van der Waals surface area contributed by atoms with E-state index in [4.69, 9.17) is 11.1 Å². The first-order valence-electron chi connectivity index (χ1n) is 9.09. The van der Waals surface area contributed by atoms with Crippen LogP contribution in [0.3, 0.4) is 0 Å². The van der Waals surface area contributed by atoms with Gasteiger partial charge in [-0.2, -0.15) is 4.31 Å². The lowest BCUT2D eigenvalue weighted by atomic mass is 10.2. The van der Waals surface area contributed by atoms with Crippen molar-refractivity contribution in [3.63, 3.8) is 0 Å². The molecule has 1 fully saturated rings. The topological polar surface area (TPSA) is 120 Å². The molecule has 0 bridgehead atoms. The van der Waals surface area contributed by atoms with Gasteiger partial charge < -0.3 is 16.0 Å². The van der Waals surface area contributed by atoms with E-state index in [-0.39, 0.29) is 25.0 Å². The quantitative estimate of drug-likeness (QED) is 0.514. The van der Waals surface area contributed by atoms with Crippen LogP contribution in [0.4, 0.5) is 10.5 Å². The minimum atomic E-state index is -3.54. The monoisotopic (exact) mass is 413 g/mol. The van der Waals surface area contributed by atoms with Crippen molar-refractivity contribution in [3.05, 3.63) is 71.1 Å². The number of carbonyl (C=O) groups is 1. The number of piperazine rings is 1. The molecule has 2 aromatic carbocycles. The Labute approximate surface area is 170 Å². The molecule has 0 saturated carbocycles. The van der Waals surface area contributed by atoms with Crippen molar-refractivity contribution in [2.75, 3.05) is 31.5 Å². The largest absolute Gasteiger partial charge is 0.384 e. The standard InChI is InChI=1S/C20H23N5O3S/c21-19(22)17-6-8-18(9-7-17)23-20(26)24-11-13-25(14-12-24)29(27,28)15-10-16-4-2-1-3-5-16/h1-10,15H,11-14H2,(H3,21,22)(H,23,26). The van der Waals surface area contributed by atoms with Gasteiger partial charge in [-0.05, 0) is 35.9 Å². The van der Waals surface area contributed by atoms with Gasteiger partial charge in [0.25, 0.3) is 0 Å². The Bertz CT molecular complexity index is 996. The molecule has 3 rings (SSSR count). The summed E-state index contributed by atoms with van der Waals surface area (Å²) in [5.74, 6) is -0.0403. The van der Waals surface area contributed by atoms with E-state index in [2.05, 4.69) is 5.32 Å². The van der Waals surface area contributed by atoms with Crippen LogP contribution >= 0.6 is 0 Å². The highest BCUT2D eigenvalue weighted by Crippen LogP contribution is 2.14. The summed E-state index contributed by atoms with van der Waals surface area (Å²) >= 11 is 0. The number of anilines is 1. The average molecular weight is 414 g/mol. The third-order valence-electron chi connectivity index (χ3n) is 4.56. The molecule has 1 saturated heterocycles. The number of nitrogens with zero attached hydrogens (tertiary/aromatic N) is 2. The van der Waals surface area contributed by atoms with Gasteiger partial charge in [0.15, 0.2) is 0 Å².